The first kappa shape index (κ1) is 22.0. The maximum absolute atomic E-state index is 13.4. The molecule has 1 N–H and O–H groups in total. The number of amidine groups is 1. The third-order valence-corrected chi connectivity index (χ3v) is 5.59. The van der Waals surface area contributed by atoms with Crippen molar-refractivity contribution in [1.29, 1.82) is 5.26 Å². The number of nitrogens with one attached hydrogen (secondary N) is 1. The fourth-order valence-electron chi connectivity index (χ4n) is 3.07. The van der Waals surface area contributed by atoms with Gasteiger partial charge in [0.2, 0.25) is 5.91 Å². The van der Waals surface area contributed by atoms with Gasteiger partial charge in [0.15, 0.2) is 5.17 Å². The molecule has 6 nitrogen and oxygen atoms in total. The van der Waals surface area contributed by atoms with Crippen molar-refractivity contribution in [3.8, 4) is 6.07 Å². The molecule has 1 aliphatic rings. The molecule has 3 aromatic rings. The maximum Gasteiger partial charge on any atom is 0.283 e. The minimum absolute atomic E-state index is 0.00241. The summed E-state index contributed by atoms with van der Waals surface area (Å²) in [6.07, 6.45) is 1.67. The quantitative estimate of drug-likeness (QED) is 0.558. The van der Waals surface area contributed by atoms with Crippen molar-refractivity contribution in [3.05, 3.63) is 102 Å². The van der Waals surface area contributed by atoms with Gasteiger partial charge in [-0.25, -0.2) is 9.38 Å². The highest BCUT2D eigenvalue weighted by Crippen LogP contribution is 2.29. The lowest BCUT2D eigenvalue weighted by molar-refractivity contribution is -0.114. The first-order valence-corrected chi connectivity index (χ1v) is 10.9. The van der Waals surface area contributed by atoms with Crippen LogP contribution in [0.25, 0.3) is 6.08 Å². The molecule has 0 saturated carbocycles. The summed E-state index contributed by atoms with van der Waals surface area (Å²) in [6, 6.07) is 23.3. The van der Waals surface area contributed by atoms with E-state index in [2.05, 4.69) is 10.3 Å². The lowest BCUT2D eigenvalue weighted by atomic mass is 10.2. The molecule has 0 fully saturated rings. The molecule has 0 spiro atoms. The Hall–Kier alpha value is -4.22. The van der Waals surface area contributed by atoms with Crippen molar-refractivity contribution in [1.82, 2.24) is 0 Å². The Kier molecular flexibility index (Phi) is 6.62. The summed E-state index contributed by atoms with van der Waals surface area (Å²) in [4.78, 5) is 31.4. The number of aliphatic imine (C=N–C) groups is 1. The molecular formula is C25H17FN4O2S. The Morgan fingerprint density at radius 1 is 1.06 bits per heavy atom. The van der Waals surface area contributed by atoms with Crippen molar-refractivity contribution in [2.24, 2.45) is 4.99 Å². The van der Waals surface area contributed by atoms with Crippen molar-refractivity contribution >= 4 is 46.2 Å². The molecule has 0 bridgehead atoms. The highest BCUT2D eigenvalue weighted by atomic mass is 32.2. The second-order valence-corrected chi connectivity index (χ2v) is 7.92. The number of anilines is 2. The smallest absolute Gasteiger partial charge is 0.283 e. The van der Waals surface area contributed by atoms with E-state index in [1.807, 2.05) is 36.4 Å². The average molecular weight is 457 g/mol. The molecule has 1 heterocycles. The van der Waals surface area contributed by atoms with Gasteiger partial charge in [0.05, 0.1) is 23.1 Å². The fraction of sp³-hybridized carbons (Fsp3) is 0.0400. The van der Waals surface area contributed by atoms with Crippen LogP contribution < -0.4 is 10.2 Å². The van der Waals surface area contributed by atoms with Gasteiger partial charge in [0.1, 0.15) is 11.5 Å². The number of thioether (sulfide) groups is 1. The highest BCUT2D eigenvalue weighted by Gasteiger charge is 2.32. The minimum atomic E-state index is -0.418. The van der Waals surface area contributed by atoms with Crippen LogP contribution in [-0.2, 0) is 9.59 Å². The van der Waals surface area contributed by atoms with E-state index in [0.717, 1.165) is 17.3 Å². The number of rotatable bonds is 5. The van der Waals surface area contributed by atoms with Crippen LogP contribution in [0.4, 0.5) is 15.8 Å². The Balaban J connectivity index is 1.54. The third-order valence-electron chi connectivity index (χ3n) is 4.65. The number of carbonyl (C=O) groups is 2. The lowest BCUT2D eigenvalue weighted by Crippen LogP contribution is -2.31. The van der Waals surface area contributed by atoms with E-state index >= 15 is 0 Å². The third kappa shape index (κ3) is 5.34. The van der Waals surface area contributed by atoms with Gasteiger partial charge >= 0.3 is 0 Å². The summed E-state index contributed by atoms with van der Waals surface area (Å²) < 4.78 is 13.4. The monoisotopic (exact) mass is 456 g/mol. The summed E-state index contributed by atoms with van der Waals surface area (Å²) in [7, 11) is 0. The van der Waals surface area contributed by atoms with Crippen molar-refractivity contribution in [2.45, 2.75) is 0 Å². The zero-order valence-corrected chi connectivity index (χ0v) is 18.1. The minimum Gasteiger partial charge on any atom is -0.325 e. The molecule has 3 aromatic carbocycles. The first-order valence-electron chi connectivity index (χ1n) is 9.92. The normalized spacial score (nSPS) is 14.2. The van der Waals surface area contributed by atoms with Crippen LogP contribution in [0.15, 0.2) is 89.6 Å². The predicted molar refractivity (Wildman–Crippen MR) is 128 cm³/mol. The average Bonchev–Trinajstić information content (AvgIpc) is 3.14. The number of nitrogens with zero attached hydrogens (tertiary/aromatic N) is 3. The van der Waals surface area contributed by atoms with Crippen LogP contribution in [0, 0.1) is 17.1 Å². The second-order valence-electron chi connectivity index (χ2n) is 6.98. The largest absolute Gasteiger partial charge is 0.325 e. The van der Waals surface area contributed by atoms with Gasteiger partial charge < -0.3 is 5.32 Å². The van der Waals surface area contributed by atoms with Crippen molar-refractivity contribution in [3.63, 3.8) is 0 Å². The molecular weight excluding hydrogens is 439 g/mol. The molecule has 0 radical (unpaired) electrons. The molecule has 2 amide bonds. The van der Waals surface area contributed by atoms with Crippen molar-refractivity contribution < 1.29 is 14.0 Å². The van der Waals surface area contributed by atoms with Gasteiger partial charge in [0.25, 0.3) is 5.91 Å². The second kappa shape index (κ2) is 9.94. The molecule has 4 rings (SSSR count). The van der Waals surface area contributed by atoms with Gasteiger partial charge in [0, 0.05) is 5.69 Å². The van der Waals surface area contributed by atoms with Gasteiger partial charge in [-0.05, 0) is 60.2 Å². The first-order chi connectivity index (χ1) is 16.0. The van der Waals surface area contributed by atoms with Gasteiger partial charge in [-0.15, -0.1) is 0 Å². The van der Waals surface area contributed by atoms with Crippen LogP contribution in [0.2, 0.25) is 0 Å². The zero-order chi connectivity index (χ0) is 23.2. The predicted octanol–water partition coefficient (Wildman–Crippen LogP) is 4.81. The summed E-state index contributed by atoms with van der Waals surface area (Å²) in [5.41, 5.74) is 2.54. The summed E-state index contributed by atoms with van der Waals surface area (Å²) in [5.74, 6) is -1.07. The van der Waals surface area contributed by atoms with E-state index in [-0.39, 0.29) is 23.3 Å². The molecule has 8 heteroatoms. The zero-order valence-electron chi connectivity index (χ0n) is 17.2. The van der Waals surface area contributed by atoms with Crippen molar-refractivity contribution in [2.75, 3.05) is 16.0 Å². The Bertz CT molecular complexity index is 1280. The molecule has 0 aromatic heterocycles. The van der Waals surface area contributed by atoms with Gasteiger partial charge in [-0.1, -0.05) is 42.1 Å². The van der Waals surface area contributed by atoms with E-state index in [0.29, 0.717) is 22.1 Å². The van der Waals surface area contributed by atoms with Gasteiger partial charge in [-0.3, -0.25) is 14.5 Å². The van der Waals surface area contributed by atoms with Crippen LogP contribution in [0.3, 0.4) is 0 Å². The lowest BCUT2D eigenvalue weighted by Gasteiger charge is -2.17. The van der Waals surface area contributed by atoms with E-state index < -0.39 is 5.82 Å². The van der Waals surface area contributed by atoms with E-state index in [1.165, 1.54) is 29.2 Å². The molecule has 33 heavy (non-hydrogen) atoms. The van der Waals surface area contributed by atoms with Gasteiger partial charge in [-0.2, -0.15) is 5.26 Å². The molecule has 0 aliphatic carbocycles. The topological polar surface area (TPSA) is 85.6 Å². The molecule has 0 saturated heterocycles. The van der Waals surface area contributed by atoms with Crippen LogP contribution in [0.1, 0.15) is 11.1 Å². The molecule has 0 atom stereocenters. The van der Waals surface area contributed by atoms with E-state index in [9.17, 15) is 14.0 Å². The number of halogens is 1. The standard InChI is InChI=1S/C25H17FN4O2S/c26-19-8-12-21(13-9-19)30-24(32)22(14-17-4-2-1-3-5-17)29-25(30)33-16-23(31)28-20-10-6-18(15-27)7-11-20/h1-14H,16H2,(H,28,31). The number of hydrogen-bond donors (Lipinski definition) is 1. The van der Waals surface area contributed by atoms with Crippen LogP contribution in [0.5, 0.6) is 0 Å². The Morgan fingerprint density at radius 3 is 2.42 bits per heavy atom. The van der Waals surface area contributed by atoms with Crippen LogP contribution in [-0.4, -0.2) is 22.7 Å². The molecule has 0 unspecified atom stereocenters. The number of benzene rings is 3. The number of carbonyl (C=O) groups excluding carboxylic acids is 2. The van der Waals surface area contributed by atoms with E-state index in [4.69, 9.17) is 5.26 Å². The summed E-state index contributed by atoms with van der Waals surface area (Å²) >= 11 is 1.10. The Labute approximate surface area is 194 Å². The Morgan fingerprint density at radius 2 is 1.76 bits per heavy atom. The summed E-state index contributed by atoms with van der Waals surface area (Å²) in [6.45, 7) is 0. The maximum atomic E-state index is 13.4. The fourth-order valence-corrected chi connectivity index (χ4v) is 3.89. The SMILES string of the molecule is N#Cc1ccc(NC(=O)CSC2=NC(=Cc3ccccc3)C(=O)N2c2ccc(F)cc2)cc1. The highest BCUT2D eigenvalue weighted by molar-refractivity contribution is 8.14. The summed E-state index contributed by atoms with van der Waals surface area (Å²) in [5, 5.41) is 11.9. The van der Waals surface area contributed by atoms with E-state index in [1.54, 1.807) is 30.3 Å². The number of amides is 2. The number of hydrogen-bond acceptors (Lipinski definition) is 5. The molecule has 1 aliphatic heterocycles. The molecule has 162 valence electrons. The number of nitriles is 1. The van der Waals surface area contributed by atoms with Crippen LogP contribution >= 0.6 is 11.8 Å².